The Hall–Kier alpha value is -0.790. The lowest BCUT2D eigenvalue weighted by Crippen LogP contribution is -1.98. The van der Waals surface area contributed by atoms with Crippen molar-refractivity contribution in [2.24, 2.45) is 5.92 Å². The highest BCUT2D eigenvalue weighted by Gasteiger charge is 1.95. The van der Waals surface area contributed by atoms with Gasteiger partial charge in [0.25, 0.3) is 0 Å². The second-order valence-electron chi connectivity index (χ2n) is 3.07. The SMILES string of the molecule is C=C(C)C(=O)OC.CCC(C)C. The molecule has 0 rings (SSSR count). The van der Waals surface area contributed by atoms with E-state index in [2.05, 4.69) is 32.1 Å². The van der Waals surface area contributed by atoms with E-state index in [9.17, 15) is 4.79 Å². The van der Waals surface area contributed by atoms with Crippen molar-refractivity contribution in [3.63, 3.8) is 0 Å². The van der Waals surface area contributed by atoms with Crippen LogP contribution in [0.2, 0.25) is 0 Å². The molecule has 0 aliphatic heterocycles. The highest BCUT2D eigenvalue weighted by atomic mass is 16.5. The minimum Gasteiger partial charge on any atom is -0.466 e. The summed E-state index contributed by atoms with van der Waals surface area (Å²) in [7, 11) is 1.33. The van der Waals surface area contributed by atoms with Crippen molar-refractivity contribution < 1.29 is 9.53 Å². The molecule has 0 unspecified atom stereocenters. The predicted octanol–water partition coefficient (Wildman–Crippen LogP) is 2.79. The summed E-state index contributed by atoms with van der Waals surface area (Å²) >= 11 is 0. The molecule has 0 N–H and O–H groups in total. The van der Waals surface area contributed by atoms with Gasteiger partial charge in [-0.15, -0.1) is 0 Å². The van der Waals surface area contributed by atoms with Crippen LogP contribution in [0.3, 0.4) is 0 Å². The first-order valence-electron chi connectivity index (χ1n) is 4.19. The summed E-state index contributed by atoms with van der Waals surface area (Å²) < 4.78 is 4.27. The number of hydrogen-bond donors (Lipinski definition) is 0. The first-order valence-corrected chi connectivity index (χ1v) is 4.19. The zero-order chi connectivity index (χ0) is 10.1. The van der Waals surface area contributed by atoms with E-state index in [1.54, 1.807) is 6.92 Å². The molecule has 0 saturated heterocycles. The number of hydrogen-bond acceptors (Lipinski definition) is 2. The molecule has 0 spiro atoms. The highest BCUT2D eigenvalue weighted by molar-refractivity contribution is 5.86. The molecule has 0 aromatic carbocycles. The molecule has 72 valence electrons. The number of rotatable bonds is 2. The molecule has 0 amide bonds. The van der Waals surface area contributed by atoms with Crippen molar-refractivity contribution in [1.29, 1.82) is 0 Å². The van der Waals surface area contributed by atoms with Crippen molar-refractivity contribution in [2.45, 2.75) is 34.1 Å². The summed E-state index contributed by atoms with van der Waals surface area (Å²) in [5.74, 6) is 0.537. The molecule has 12 heavy (non-hydrogen) atoms. The average molecular weight is 172 g/mol. The van der Waals surface area contributed by atoms with Gasteiger partial charge in [-0.3, -0.25) is 0 Å². The number of ether oxygens (including phenoxy) is 1. The molecule has 0 saturated carbocycles. The monoisotopic (exact) mass is 172 g/mol. The number of carbonyl (C=O) groups is 1. The van der Waals surface area contributed by atoms with Gasteiger partial charge >= 0.3 is 5.97 Å². The zero-order valence-electron chi connectivity index (χ0n) is 8.81. The molecule has 0 radical (unpaired) electrons. The standard InChI is InChI=1S/C5H8O2.C5H12/c1-4(2)5(6)7-3;1-4-5(2)3/h1H2,2-3H3;5H,4H2,1-3H3. The average Bonchev–Trinajstić information content (AvgIpc) is 2.04. The smallest absolute Gasteiger partial charge is 0.332 e. The topological polar surface area (TPSA) is 26.3 Å². The third-order valence-corrected chi connectivity index (χ3v) is 1.35. The Morgan fingerprint density at radius 2 is 1.83 bits per heavy atom. The fourth-order valence-corrected chi connectivity index (χ4v) is 0.174. The largest absolute Gasteiger partial charge is 0.466 e. The van der Waals surface area contributed by atoms with Gasteiger partial charge in [0, 0.05) is 5.57 Å². The minimum atomic E-state index is -0.347. The van der Waals surface area contributed by atoms with E-state index in [0.29, 0.717) is 5.57 Å². The van der Waals surface area contributed by atoms with Crippen LogP contribution in [0.15, 0.2) is 12.2 Å². The van der Waals surface area contributed by atoms with Crippen LogP contribution >= 0.6 is 0 Å². The van der Waals surface area contributed by atoms with E-state index in [4.69, 9.17) is 0 Å². The maximum atomic E-state index is 10.2. The van der Waals surface area contributed by atoms with Crippen LogP contribution < -0.4 is 0 Å². The third kappa shape index (κ3) is 11.9. The Labute approximate surface area is 75.6 Å². The van der Waals surface area contributed by atoms with Crippen LogP contribution in [0, 0.1) is 5.92 Å². The van der Waals surface area contributed by atoms with Gasteiger partial charge in [0.15, 0.2) is 0 Å². The summed E-state index contributed by atoms with van der Waals surface area (Å²) in [4.78, 5) is 10.2. The second kappa shape index (κ2) is 8.31. The summed E-state index contributed by atoms with van der Waals surface area (Å²) in [6, 6.07) is 0. The van der Waals surface area contributed by atoms with E-state index in [0.717, 1.165) is 5.92 Å². The highest BCUT2D eigenvalue weighted by Crippen LogP contribution is 1.93. The van der Waals surface area contributed by atoms with Gasteiger partial charge in [-0.05, 0) is 12.8 Å². The minimum absolute atomic E-state index is 0.347. The Balaban J connectivity index is 0. The third-order valence-electron chi connectivity index (χ3n) is 1.35. The Morgan fingerprint density at radius 3 is 1.83 bits per heavy atom. The molecule has 0 bridgehead atoms. The fraction of sp³-hybridized carbons (Fsp3) is 0.700. The number of carbonyl (C=O) groups excluding carboxylic acids is 1. The van der Waals surface area contributed by atoms with Crippen molar-refractivity contribution >= 4 is 5.97 Å². The van der Waals surface area contributed by atoms with E-state index in [1.807, 2.05) is 0 Å². The lowest BCUT2D eigenvalue weighted by atomic mass is 10.2. The van der Waals surface area contributed by atoms with Crippen LogP contribution in [0.5, 0.6) is 0 Å². The van der Waals surface area contributed by atoms with Crippen LogP contribution in [-0.2, 0) is 9.53 Å². The van der Waals surface area contributed by atoms with Crippen LogP contribution in [0.25, 0.3) is 0 Å². The molecule has 0 heterocycles. The zero-order valence-corrected chi connectivity index (χ0v) is 8.81. The first-order chi connectivity index (χ1) is 5.45. The fourth-order valence-electron chi connectivity index (χ4n) is 0.174. The quantitative estimate of drug-likeness (QED) is 0.473. The Morgan fingerprint density at radius 1 is 1.50 bits per heavy atom. The molecule has 2 heteroatoms. The van der Waals surface area contributed by atoms with E-state index in [1.165, 1.54) is 13.5 Å². The van der Waals surface area contributed by atoms with E-state index < -0.39 is 0 Å². The molecule has 2 nitrogen and oxygen atoms in total. The molecule has 0 atom stereocenters. The lowest BCUT2D eigenvalue weighted by molar-refractivity contribution is -0.136. The maximum absolute atomic E-state index is 10.2. The van der Waals surface area contributed by atoms with Crippen LogP contribution in [-0.4, -0.2) is 13.1 Å². The number of esters is 1. The maximum Gasteiger partial charge on any atom is 0.332 e. The van der Waals surface area contributed by atoms with Crippen LogP contribution in [0.4, 0.5) is 0 Å². The molecule has 0 aliphatic carbocycles. The van der Waals surface area contributed by atoms with Crippen molar-refractivity contribution in [2.75, 3.05) is 7.11 Å². The number of methoxy groups -OCH3 is 1. The molecular formula is C10H20O2. The molecule has 0 aliphatic rings. The lowest BCUT2D eigenvalue weighted by Gasteiger charge is -1.91. The molecule has 0 aromatic rings. The van der Waals surface area contributed by atoms with Gasteiger partial charge in [0.05, 0.1) is 7.11 Å². The van der Waals surface area contributed by atoms with E-state index in [-0.39, 0.29) is 5.97 Å². The Kier molecular flexibility index (Phi) is 9.54. The van der Waals surface area contributed by atoms with Gasteiger partial charge < -0.3 is 4.74 Å². The van der Waals surface area contributed by atoms with Gasteiger partial charge in [-0.25, -0.2) is 4.79 Å². The second-order valence-corrected chi connectivity index (χ2v) is 3.07. The normalized spacial score (nSPS) is 8.50. The molecular weight excluding hydrogens is 152 g/mol. The summed E-state index contributed by atoms with van der Waals surface area (Å²) in [5, 5.41) is 0. The first kappa shape index (κ1) is 13.8. The van der Waals surface area contributed by atoms with Gasteiger partial charge in [-0.2, -0.15) is 0 Å². The molecule has 0 fully saturated rings. The summed E-state index contributed by atoms with van der Waals surface area (Å²) in [5.41, 5.74) is 0.433. The summed E-state index contributed by atoms with van der Waals surface area (Å²) in [6.45, 7) is 11.6. The van der Waals surface area contributed by atoms with Crippen LogP contribution in [0.1, 0.15) is 34.1 Å². The molecule has 0 aromatic heterocycles. The van der Waals surface area contributed by atoms with E-state index >= 15 is 0 Å². The van der Waals surface area contributed by atoms with Gasteiger partial charge in [0.1, 0.15) is 0 Å². The predicted molar refractivity (Wildman–Crippen MR) is 52.0 cm³/mol. The van der Waals surface area contributed by atoms with Gasteiger partial charge in [0.2, 0.25) is 0 Å². The summed E-state index contributed by atoms with van der Waals surface area (Å²) in [6.07, 6.45) is 1.31. The van der Waals surface area contributed by atoms with Gasteiger partial charge in [-0.1, -0.05) is 33.8 Å². The van der Waals surface area contributed by atoms with Crippen molar-refractivity contribution in [3.8, 4) is 0 Å². The van der Waals surface area contributed by atoms with Crippen molar-refractivity contribution in [3.05, 3.63) is 12.2 Å². The van der Waals surface area contributed by atoms with Crippen molar-refractivity contribution in [1.82, 2.24) is 0 Å². The Bertz CT molecular complexity index is 137.